The van der Waals surface area contributed by atoms with Gasteiger partial charge in [0.05, 0.1) is 12.9 Å². The lowest BCUT2D eigenvalue weighted by molar-refractivity contribution is -0.118. The van der Waals surface area contributed by atoms with Crippen molar-refractivity contribution in [2.24, 2.45) is 0 Å². The lowest BCUT2D eigenvalue weighted by Gasteiger charge is -2.15. The Labute approximate surface area is 190 Å². The summed E-state index contributed by atoms with van der Waals surface area (Å²) in [6, 6.07) is 14.9. The van der Waals surface area contributed by atoms with Crippen molar-refractivity contribution < 1.29 is 14.3 Å². The van der Waals surface area contributed by atoms with Crippen molar-refractivity contribution >= 4 is 23.6 Å². The molecular weight excluding hydrogens is 426 g/mol. The molecule has 32 heavy (non-hydrogen) atoms. The maximum atomic E-state index is 12.4. The highest BCUT2D eigenvalue weighted by atomic mass is 32.2. The maximum Gasteiger partial charge on any atom is 0.253 e. The second kappa shape index (κ2) is 10.3. The maximum absolute atomic E-state index is 12.4. The summed E-state index contributed by atoms with van der Waals surface area (Å²) in [4.78, 5) is 30.9. The highest BCUT2D eigenvalue weighted by Gasteiger charge is 2.19. The van der Waals surface area contributed by atoms with E-state index in [9.17, 15) is 9.59 Å². The second-order valence-electron chi connectivity index (χ2n) is 7.46. The Bertz CT molecular complexity index is 1060. The van der Waals surface area contributed by atoms with E-state index in [-0.39, 0.29) is 17.6 Å². The molecule has 0 atom stereocenters. The topological polar surface area (TPSA) is 100 Å². The summed E-state index contributed by atoms with van der Waals surface area (Å²) in [5.74, 6) is 1.59. The van der Waals surface area contributed by atoms with Gasteiger partial charge >= 0.3 is 0 Å². The van der Waals surface area contributed by atoms with Crippen molar-refractivity contribution in [2.75, 3.05) is 26.0 Å². The zero-order chi connectivity index (χ0) is 22.3. The summed E-state index contributed by atoms with van der Waals surface area (Å²) in [6.07, 6.45) is 2.15. The average molecular weight is 452 g/mol. The van der Waals surface area contributed by atoms with Crippen molar-refractivity contribution in [3.8, 4) is 17.1 Å². The predicted molar refractivity (Wildman–Crippen MR) is 123 cm³/mol. The molecule has 166 valence electrons. The molecule has 1 aliphatic heterocycles. The lowest BCUT2D eigenvalue weighted by Crippen LogP contribution is -2.27. The van der Waals surface area contributed by atoms with E-state index < -0.39 is 0 Å². The van der Waals surface area contributed by atoms with E-state index in [1.165, 1.54) is 11.8 Å². The van der Waals surface area contributed by atoms with Gasteiger partial charge in [0.15, 0.2) is 5.82 Å². The van der Waals surface area contributed by atoms with Crippen LogP contribution in [-0.2, 0) is 11.3 Å². The Balaban J connectivity index is 1.23. The molecule has 0 bridgehead atoms. The van der Waals surface area contributed by atoms with Crippen LogP contribution in [0.15, 0.2) is 53.7 Å². The third kappa shape index (κ3) is 5.47. The molecule has 2 N–H and O–H groups in total. The molecule has 1 aromatic heterocycles. The monoisotopic (exact) mass is 451 g/mol. The quantitative estimate of drug-likeness (QED) is 0.511. The molecule has 2 amide bonds. The number of nitrogens with one attached hydrogen (secondary N) is 2. The van der Waals surface area contributed by atoms with Crippen molar-refractivity contribution in [3.05, 3.63) is 59.7 Å². The molecule has 0 saturated carbocycles. The SMILES string of the molecule is COc1ccc(-c2nc(SCC(=O)NCc3ccc(C(=O)N4CCCC4)cc3)n[nH]2)cc1. The van der Waals surface area contributed by atoms with E-state index in [2.05, 4.69) is 20.5 Å². The third-order valence-electron chi connectivity index (χ3n) is 5.24. The predicted octanol–water partition coefficient (Wildman–Crippen LogP) is 3.12. The van der Waals surface area contributed by atoms with Crippen LogP contribution in [0.1, 0.15) is 28.8 Å². The lowest BCUT2D eigenvalue weighted by atomic mass is 10.1. The minimum absolute atomic E-state index is 0.0787. The molecule has 9 heteroatoms. The Morgan fingerprint density at radius 1 is 1.09 bits per heavy atom. The van der Waals surface area contributed by atoms with Crippen LogP contribution in [0.3, 0.4) is 0 Å². The van der Waals surface area contributed by atoms with Gasteiger partial charge < -0.3 is 15.0 Å². The summed E-state index contributed by atoms with van der Waals surface area (Å²) < 4.78 is 5.16. The fraction of sp³-hybridized carbons (Fsp3) is 0.304. The number of aromatic amines is 1. The number of thioether (sulfide) groups is 1. The van der Waals surface area contributed by atoms with Crippen LogP contribution in [0.4, 0.5) is 0 Å². The number of aromatic nitrogens is 3. The third-order valence-corrected chi connectivity index (χ3v) is 6.09. The Morgan fingerprint density at radius 3 is 2.50 bits per heavy atom. The number of H-pyrrole nitrogens is 1. The minimum Gasteiger partial charge on any atom is -0.497 e. The average Bonchev–Trinajstić information content (AvgIpc) is 3.54. The molecule has 1 aliphatic rings. The standard InChI is InChI=1S/C23H25N5O3S/c1-31-19-10-8-17(9-11-19)21-25-23(27-26-21)32-15-20(29)24-14-16-4-6-18(7-5-16)22(30)28-12-2-3-13-28/h4-11H,2-3,12-15H2,1H3,(H,24,29)(H,25,26,27). The van der Waals surface area contributed by atoms with Crippen molar-refractivity contribution in [2.45, 2.75) is 24.5 Å². The number of benzene rings is 2. The molecule has 8 nitrogen and oxygen atoms in total. The van der Waals surface area contributed by atoms with Gasteiger partial charge in [0.2, 0.25) is 11.1 Å². The fourth-order valence-corrected chi connectivity index (χ4v) is 4.07. The van der Waals surface area contributed by atoms with Crippen LogP contribution >= 0.6 is 11.8 Å². The van der Waals surface area contributed by atoms with Gasteiger partial charge in [0.1, 0.15) is 5.75 Å². The van der Waals surface area contributed by atoms with Crippen LogP contribution in [0.25, 0.3) is 11.4 Å². The highest BCUT2D eigenvalue weighted by molar-refractivity contribution is 7.99. The first-order valence-corrected chi connectivity index (χ1v) is 11.5. The van der Waals surface area contributed by atoms with Crippen molar-refractivity contribution in [1.82, 2.24) is 25.4 Å². The first kappa shape index (κ1) is 21.9. The number of amides is 2. The van der Waals surface area contributed by atoms with Gasteiger partial charge in [-0.25, -0.2) is 4.98 Å². The van der Waals surface area contributed by atoms with Crippen LogP contribution in [-0.4, -0.2) is 57.8 Å². The molecular formula is C23H25N5O3S. The van der Waals surface area contributed by atoms with E-state index in [4.69, 9.17) is 4.74 Å². The zero-order valence-electron chi connectivity index (χ0n) is 17.8. The number of nitrogens with zero attached hydrogens (tertiary/aromatic N) is 3. The van der Waals surface area contributed by atoms with Crippen molar-refractivity contribution in [3.63, 3.8) is 0 Å². The molecule has 1 saturated heterocycles. The highest BCUT2D eigenvalue weighted by Crippen LogP contribution is 2.21. The number of rotatable bonds is 8. The van der Waals surface area contributed by atoms with Gasteiger partial charge in [-0.05, 0) is 54.8 Å². The Hall–Kier alpha value is -3.33. The number of ether oxygens (including phenoxy) is 1. The molecule has 0 aliphatic carbocycles. The molecule has 0 spiro atoms. The largest absolute Gasteiger partial charge is 0.497 e. The van der Waals surface area contributed by atoms with Crippen molar-refractivity contribution in [1.29, 1.82) is 0 Å². The first-order valence-electron chi connectivity index (χ1n) is 10.5. The minimum atomic E-state index is -0.108. The van der Waals surface area contributed by atoms with Gasteiger partial charge in [-0.15, -0.1) is 5.10 Å². The van der Waals surface area contributed by atoms with E-state index in [0.29, 0.717) is 23.1 Å². The zero-order valence-corrected chi connectivity index (χ0v) is 18.7. The number of hydrogen-bond donors (Lipinski definition) is 2. The normalized spacial score (nSPS) is 13.2. The van der Waals surface area contributed by atoms with Gasteiger partial charge in [-0.3, -0.25) is 14.7 Å². The number of methoxy groups -OCH3 is 1. The number of carbonyl (C=O) groups is 2. The van der Waals surface area contributed by atoms with E-state index >= 15 is 0 Å². The first-order chi connectivity index (χ1) is 15.6. The fourth-order valence-electron chi connectivity index (χ4n) is 3.44. The number of carbonyl (C=O) groups excluding carboxylic acids is 2. The molecule has 3 aromatic rings. The molecule has 2 heterocycles. The van der Waals surface area contributed by atoms with Crippen LogP contribution in [0, 0.1) is 0 Å². The summed E-state index contributed by atoms with van der Waals surface area (Å²) in [5.41, 5.74) is 2.53. The van der Waals surface area contributed by atoms with E-state index in [0.717, 1.165) is 42.8 Å². The molecule has 0 radical (unpaired) electrons. The molecule has 4 rings (SSSR count). The van der Waals surface area contributed by atoms with Gasteiger partial charge in [0, 0.05) is 30.8 Å². The number of likely N-dealkylation sites (tertiary alicyclic amines) is 1. The van der Waals surface area contributed by atoms with Crippen LogP contribution in [0.2, 0.25) is 0 Å². The molecule has 1 fully saturated rings. The van der Waals surface area contributed by atoms with Crippen LogP contribution in [0.5, 0.6) is 5.75 Å². The van der Waals surface area contributed by atoms with E-state index in [1.807, 2.05) is 53.4 Å². The molecule has 0 unspecified atom stereocenters. The molecule has 2 aromatic carbocycles. The summed E-state index contributed by atoms with van der Waals surface area (Å²) >= 11 is 1.27. The van der Waals surface area contributed by atoms with Gasteiger partial charge in [-0.1, -0.05) is 23.9 Å². The van der Waals surface area contributed by atoms with Crippen LogP contribution < -0.4 is 10.1 Å². The van der Waals surface area contributed by atoms with E-state index in [1.54, 1.807) is 7.11 Å². The summed E-state index contributed by atoms with van der Waals surface area (Å²) in [5, 5.41) is 10.5. The summed E-state index contributed by atoms with van der Waals surface area (Å²) in [7, 11) is 1.62. The van der Waals surface area contributed by atoms with Gasteiger partial charge in [-0.2, -0.15) is 0 Å². The Kier molecular flexibility index (Phi) is 7.06. The Morgan fingerprint density at radius 2 is 1.81 bits per heavy atom. The van der Waals surface area contributed by atoms with Gasteiger partial charge in [0.25, 0.3) is 5.91 Å². The second-order valence-corrected chi connectivity index (χ2v) is 8.40. The smallest absolute Gasteiger partial charge is 0.253 e. The summed E-state index contributed by atoms with van der Waals surface area (Å²) in [6.45, 7) is 2.07. The number of hydrogen-bond acceptors (Lipinski definition) is 6.